The van der Waals surface area contributed by atoms with Gasteiger partial charge in [0.2, 0.25) is 5.91 Å². The number of amides is 2. The summed E-state index contributed by atoms with van der Waals surface area (Å²) >= 11 is 0. The Labute approximate surface area is 153 Å². The molecule has 2 amide bonds. The van der Waals surface area contributed by atoms with Crippen LogP contribution in [0.25, 0.3) is 0 Å². The molecule has 0 aromatic heterocycles. The molecule has 1 fully saturated rings. The van der Waals surface area contributed by atoms with E-state index in [9.17, 15) is 9.59 Å². The molecule has 26 heavy (non-hydrogen) atoms. The van der Waals surface area contributed by atoms with Crippen LogP contribution in [-0.2, 0) is 11.2 Å². The Kier molecular flexibility index (Phi) is 4.15. The highest BCUT2D eigenvalue weighted by Gasteiger charge is 2.39. The topological polar surface area (TPSA) is 75.4 Å². The minimum atomic E-state index is -0.0626. The Bertz CT molecular complexity index is 877. The van der Waals surface area contributed by atoms with Gasteiger partial charge in [0.25, 0.3) is 5.91 Å². The van der Waals surface area contributed by atoms with Crippen molar-refractivity contribution >= 4 is 28.9 Å². The Balaban J connectivity index is 1.57. The Hall–Kier alpha value is -2.82. The minimum Gasteiger partial charge on any atom is -0.398 e. The summed E-state index contributed by atoms with van der Waals surface area (Å²) in [6.07, 6.45) is 2.72. The van der Waals surface area contributed by atoms with E-state index in [1.54, 1.807) is 17.0 Å². The van der Waals surface area contributed by atoms with Crippen LogP contribution in [-0.4, -0.2) is 18.4 Å². The molecule has 1 saturated carbocycles. The van der Waals surface area contributed by atoms with Gasteiger partial charge in [0, 0.05) is 35.1 Å². The van der Waals surface area contributed by atoms with Crippen molar-refractivity contribution < 1.29 is 9.59 Å². The van der Waals surface area contributed by atoms with Crippen LogP contribution >= 0.6 is 0 Å². The fourth-order valence-corrected chi connectivity index (χ4v) is 3.67. The van der Waals surface area contributed by atoms with Gasteiger partial charge in [0.1, 0.15) is 0 Å². The van der Waals surface area contributed by atoms with Crippen LogP contribution in [0.5, 0.6) is 0 Å². The fourth-order valence-electron chi connectivity index (χ4n) is 3.67. The Morgan fingerprint density at radius 2 is 1.96 bits per heavy atom. The second-order valence-corrected chi connectivity index (χ2v) is 7.29. The van der Waals surface area contributed by atoms with E-state index in [-0.39, 0.29) is 17.7 Å². The van der Waals surface area contributed by atoms with Gasteiger partial charge in [-0.25, -0.2) is 0 Å². The number of anilines is 3. The average molecular weight is 349 g/mol. The van der Waals surface area contributed by atoms with E-state index < -0.39 is 0 Å². The predicted molar refractivity (Wildman–Crippen MR) is 103 cm³/mol. The normalized spacial score (nSPS) is 21.0. The van der Waals surface area contributed by atoms with Gasteiger partial charge in [0.05, 0.1) is 0 Å². The fraction of sp³-hybridized carbons (Fsp3) is 0.333. The molecule has 0 saturated heterocycles. The largest absolute Gasteiger partial charge is 0.398 e. The standard InChI is InChI=1S/C21H23N3O2/c1-13-11-17(13)20(25)23-15-6-2-5-14(12-15)21(26)24-10-4-7-16-18(22)8-3-9-19(16)24/h2-3,5-6,8-9,12-13,17H,4,7,10-11,22H2,1H3,(H,23,25). The van der Waals surface area contributed by atoms with E-state index >= 15 is 0 Å². The maximum atomic E-state index is 13.1. The van der Waals surface area contributed by atoms with Crippen molar-refractivity contribution in [1.29, 1.82) is 0 Å². The van der Waals surface area contributed by atoms with Gasteiger partial charge in [-0.3, -0.25) is 9.59 Å². The lowest BCUT2D eigenvalue weighted by molar-refractivity contribution is -0.117. The van der Waals surface area contributed by atoms with E-state index in [0.29, 0.717) is 23.7 Å². The first-order valence-electron chi connectivity index (χ1n) is 9.15. The number of carbonyl (C=O) groups excluding carboxylic acids is 2. The van der Waals surface area contributed by atoms with Crippen molar-refractivity contribution in [3.8, 4) is 0 Å². The van der Waals surface area contributed by atoms with Crippen LogP contribution < -0.4 is 16.0 Å². The summed E-state index contributed by atoms with van der Waals surface area (Å²) in [5.41, 5.74) is 9.99. The molecule has 1 heterocycles. The monoisotopic (exact) mass is 349 g/mol. The zero-order chi connectivity index (χ0) is 18.3. The summed E-state index contributed by atoms with van der Waals surface area (Å²) in [6.45, 7) is 2.75. The number of nitrogens with two attached hydrogens (primary N) is 1. The van der Waals surface area contributed by atoms with Gasteiger partial charge in [-0.1, -0.05) is 19.1 Å². The molecule has 4 rings (SSSR count). The maximum absolute atomic E-state index is 13.1. The molecule has 5 heteroatoms. The summed E-state index contributed by atoms with van der Waals surface area (Å²) in [4.78, 5) is 27.0. The third-order valence-electron chi connectivity index (χ3n) is 5.36. The molecule has 0 bridgehead atoms. The highest BCUT2D eigenvalue weighted by molar-refractivity contribution is 6.08. The van der Waals surface area contributed by atoms with E-state index in [4.69, 9.17) is 5.73 Å². The molecule has 134 valence electrons. The minimum absolute atomic E-state index is 0.0400. The first kappa shape index (κ1) is 16.6. The van der Waals surface area contributed by atoms with E-state index in [1.807, 2.05) is 30.3 Å². The first-order valence-corrected chi connectivity index (χ1v) is 9.15. The van der Waals surface area contributed by atoms with Crippen LogP contribution in [0.2, 0.25) is 0 Å². The predicted octanol–water partition coefficient (Wildman–Crippen LogP) is 3.46. The van der Waals surface area contributed by atoms with Crippen molar-refractivity contribution in [3.05, 3.63) is 53.6 Å². The van der Waals surface area contributed by atoms with Crippen molar-refractivity contribution in [2.24, 2.45) is 11.8 Å². The zero-order valence-corrected chi connectivity index (χ0v) is 14.9. The summed E-state index contributed by atoms with van der Waals surface area (Å²) in [7, 11) is 0. The lowest BCUT2D eigenvalue weighted by atomic mass is 9.99. The smallest absolute Gasteiger partial charge is 0.258 e. The molecule has 1 aliphatic carbocycles. The Morgan fingerprint density at radius 3 is 2.73 bits per heavy atom. The molecule has 1 aliphatic heterocycles. The van der Waals surface area contributed by atoms with Gasteiger partial charge in [-0.05, 0) is 61.1 Å². The van der Waals surface area contributed by atoms with Crippen LogP contribution in [0.4, 0.5) is 17.1 Å². The van der Waals surface area contributed by atoms with Crippen LogP contribution in [0.3, 0.4) is 0 Å². The highest BCUT2D eigenvalue weighted by atomic mass is 16.2. The number of hydrogen-bond acceptors (Lipinski definition) is 3. The van der Waals surface area contributed by atoms with Gasteiger partial charge in [-0.2, -0.15) is 0 Å². The molecule has 2 unspecified atom stereocenters. The number of nitrogens with zero attached hydrogens (tertiary/aromatic N) is 1. The van der Waals surface area contributed by atoms with Crippen molar-refractivity contribution in [1.82, 2.24) is 0 Å². The molecule has 5 nitrogen and oxygen atoms in total. The summed E-state index contributed by atoms with van der Waals surface area (Å²) < 4.78 is 0. The van der Waals surface area contributed by atoms with Crippen molar-refractivity contribution in [2.45, 2.75) is 26.2 Å². The van der Waals surface area contributed by atoms with E-state index in [0.717, 1.165) is 36.2 Å². The number of carbonyl (C=O) groups is 2. The molecule has 2 aliphatic rings. The van der Waals surface area contributed by atoms with Crippen LogP contribution in [0.15, 0.2) is 42.5 Å². The van der Waals surface area contributed by atoms with Crippen LogP contribution in [0.1, 0.15) is 35.7 Å². The number of benzene rings is 2. The van der Waals surface area contributed by atoms with Crippen molar-refractivity contribution in [3.63, 3.8) is 0 Å². The quantitative estimate of drug-likeness (QED) is 0.833. The summed E-state index contributed by atoms with van der Waals surface area (Å²) in [6, 6.07) is 12.9. The molecule has 2 aromatic rings. The second kappa shape index (κ2) is 6.48. The molecule has 0 spiro atoms. The zero-order valence-electron chi connectivity index (χ0n) is 14.9. The molecule has 3 N–H and O–H groups in total. The molecule has 2 aromatic carbocycles. The third-order valence-corrected chi connectivity index (χ3v) is 5.36. The number of hydrogen-bond donors (Lipinski definition) is 2. The maximum Gasteiger partial charge on any atom is 0.258 e. The second-order valence-electron chi connectivity index (χ2n) is 7.29. The summed E-state index contributed by atoms with van der Waals surface area (Å²) in [5.74, 6) is 0.534. The molecule has 2 atom stereocenters. The number of fused-ring (bicyclic) bond motifs is 1. The molecular formula is C21H23N3O2. The van der Waals surface area contributed by atoms with Crippen LogP contribution in [0, 0.1) is 11.8 Å². The lowest BCUT2D eigenvalue weighted by Crippen LogP contribution is -2.35. The summed E-state index contributed by atoms with van der Waals surface area (Å²) in [5, 5.41) is 2.93. The number of nitrogen functional groups attached to an aromatic ring is 1. The van der Waals surface area contributed by atoms with E-state index in [2.05, 4.69) is 12.2 Å². The number of rotatable bonds is 3. The third kappa shape index (κ3) is 3.05. The number of nitrogens with one attached hydrogen (secondary N) is 1. The highest BCUT2D eigenvalue weighted by Crippen LogP contribution is 2.38. The van der Waals surface area contributed by atoms with Gasteiger partial charge in [0.15, 0.2) is 0 Å². The first-order chi connectivity index (χ1) is 12.5. The van der Waals surface area contributed by atoms with Gasteiger partial charge >= 0.3 is 0 Å². The SMILES string of the molecule is CC1CC1C(=O)Nc1cccc(C(=O)N2CCCc3c(N)cccc32)c1. The lowest BCUT2D eigenvalue weighted by Gasteiger charge is -2.30. The average Bonchev–Trinajstić information content (AvgIpc) is 3.38. The Morgan fingerprint density at radius 1 is 1.19 bits per heavy atom. The molecule has 0 radical (unpaired) electrons. The van der Waals surface area contributed by atoms with E-state index in [1.165, 1.54) is 0 Å². The molecular weight excluding hydrogens is 326 g/mol. The van der Waals surface area contributed by atoms with Crippen molar-refractivity contribution in [2.75, 3.05) is 22.5 Å². The van der Waals surface area contributed by atoms with Gasteiger partial charge in [-0.15, -0.1) is 0 Å². The van der Waals surface area contributed by atoms with Gasteiger partial charge < -0.3 is 16.0 Å².